The van der Waals surface area contributed by atoms with Crippen molar-refractivity contribution in [3.05, 3.63) is 59.7 Å². The number of hydrogen-bond acceptors (Lipinski definition) is 6. The number of anilines is 1. The fraction of sp³-hybridized carbons (Fsp3) is 0.462. The zero-order valence-corrected chi connectivity index (χ0v) is 20.6. The largest absolute Gasteiger partial charge is 0.488 e. The smallest absolute Gasteiger partial charge is 0.313 e. The second-order valence-corrected chi connectivity index (χ2v) is 9.31. The van der Waals surface area contributed by atoms with Crippen LogP contribution in [0.4, 0.5) is 5.69 Å². The predicted octanol–water partition coefficient (Wildman–Crippen LogP) is 2.96. The molecule has 0 saturated carbocycles. The lowest BCUT2D eigenvalue weighted by atomic mass is 9.90. The van der Waals surface area contributed by atoms with Crippen molar-refractivity contribution in [2.45, 2.75) is 52.2 Å². The molecule has 0 radical (unpaired) electrons. The molecule has 0 spiro atoms. The van der Waals surface area contributed by atoms with Crippen LogP contribution in [0.25, 0.3) is 0 Å². The highest BCUT2D eigenvalue weighted by atomic mass is 16.5. The molecule has 2 fully saturated rings. The van der Waals surface area contributed by atoms with E-state index in [0.29, 0.717) is 26.2 Å². The summed E-state index contributed by atoms with van der Waals surface area (Å²) in [5.74, 6) is -1.14. The fourth-order valence-electron chi connectivity index (χ4n) is 4.12. The summed E-state index contributed by atoms with van der Waals surface area (Å²) in [7, 11) is 0. The first kappa shape index (κ1) is 26.2. The lowest BCUT2D eigenvalue weighted by Crippen LogP contribution is -2.50. The molecule has 2 aliphatic heterocycles. The third kappa shape index (κ3) is 7.02. The summed E-state index contributed by atoms with van der Waals surface area (Å²) in [6.07, 6.45) is 8.87. The van der Waals surface area contributed by atoms with Crippen LogP contribution < -0.4 is 11.1 Å². The molecule has 3 rings (SSSR count). The van der Waals surface area contributed by atoms with Gasteiger partial charge in [-0.25, -0.2) is 0 Å². The van der Waals surface area contributed by atoms with Crippen LogP contribution in [0.3, 0.4) is 0 Å². The van der Waals surface area contributed by atoms with Crippen molar-refractivity contribution in [2.75, 3.05) is 25.1 Å². The van der Waals surface area contributed by atoms with Gasteiger partial charge in [-0.15, -0.1) is 0 Å². The van der Waals surface area contributed by atoms with Crippen LogP contribution in [0.2, 0.25) is 0 Å². The van der Waals surface area contributed by atoms with Gasteiger partial charge in [-0.2, -0.15) is 0 Å². The molecule has 35 heavy (non-hydrogen) atoms. The zero-order valence-electron chi connectivity index (χ0n) is 20.6. The number of aromatic nitrogens is 1. The van der Waals surface area contributed by atoms with Crippen LogP contribution in [0.5, 0.6) is 0 Å². The molecule has 0 aliphatic carbocycles. The highest BCUT2D eigenvalue weighted by Gasteiger charge is 2.34. The highest BCUT2D eigenvalue weighted by molar-refractivity contribution is 6.39. The summed E-state index contributed by atoms with van der Waals surface area (Å²) >= 11 is 0. The Kier molecular flexibility index (Phi) is 8.81. The van der Waals surface area contributed by atoms with Gasteiger partial charge >= 0.3 is 11.8 Å². The van der Waals surface area contributed by atoms with Crippen molar-refractivity contribution in [3.8, 4) is 0 Å². The lowest BCUT2D eigenvalue weighted by molar-refractivity contribution is -0.145. The van der Waals surface area contributed by atoms with Gasteiger partial charge in [0.25, 0.3) is 0 Å². The second kappa shape index (κ2) is 11.8. The molecule has 1 aromatic heterocycles. The van der Waals surface area contributed by atoms with E-state index in [-0.39, 0.29) is 29.3 Å². The molecule has 9 nitrogen and oxygen atoms in total. The summed E-state index contributed by atoms with van der Waals surface area (Å²) in [5.41, 5.74) is 7.38. The van der Waals surface area contributed by atoms with Crippen molar-refractivity contribution in [1.82, 2.24) is 9.88 Å². The second-order valence-electron chi connectivity index (χ2n) is 9.31. The Morgan fingerprint density at radius 2 is 2.00 bits per heavy atom. The van der Waals surface area contributed by atoms with E-state index in [1.54, 1.807) is 4.90 Å². The number of rotatable bonds is 7. The number of hydrogen-bond donors (Lipinski definition) is 2. The van der Waals surface area contributed by atoms with Gasteiger partial charge in [0.1, 0.15) is 11.9 Å². The maximum absolute atomic E-state index is 13.1. The number of nitrogens with zero attached hydrogens (tertiary/aromatic N) is 2. The summed E-state index contributed by atoms with van der Waals surface area (Å²) in [4.78, 5) is 42.8. The maximum atomic E-state index is 13.1. The van der Waals surface area contributed by atoms with Crippen molar-refractivity contribution >= 4 is 23.4 Å². The number of carbonyl (C=O) groups excluding carboxylic acids is 3. The van der Waals surface area contributed by atoms with Crippen molar-refractivity contribution < 1.29 is 23.9 Å². The number of allylic oxidation sites excluding steroid dienone is 2. The topological polar surface area (TPSA) is 124 Å². The van der Waals surface area contributed by atoms with Crippen LogP contribution in [-0.2, 0) is 19.1 Å². The average molecular weight is 483 g/mol. The Morgan fingerprint density at radius 1 is 1.23 bits per heavy atom. The molecule has 3 N–H and O–H groups in total. The fourth-order valence-corrected chi connectivity index (χ4v) is 4.12. The van der Waals surface area contributed by atoms with E-state index in [1.165, 1.54) is 18.5 Å². The van der Waals surface area contributed by atoms with Crippen molar-refractivity contribution in [3.63, 3.8) is 0 Å². The van der Waals surface area contributed by atoms with Crippen LogP contribution in [0.15, 0.2) is 54.1 Å². The van der Waals surface area contributed by atoms with Crippen molar-refractivity contribution in [1.29, 1.82) is 0 Å². The summed E-state index contributed by atoms with van der Waals surface area (Å²) in [6.45, 7) is 11.9. The molecule has 3 atom stereocenters. The minimum Gasteiger partial charge on any atom is -0.488 e. The minimum absolute atomic E-state index is 0.0256. The normalized spacial score (nSPS) is 22.0. The number of nitrogens with two attached hydrogens (primary N) is 1. The minimum atomic E-state index is -0.807. The Balaban J connectivity index is 1.71. The molecule has 3 heterocycles. The average Bonchev–Trinajstić information content (AvgIpc) is 3.34. The lowest BCUT2D eigenvalue weighted by Gasteiger charge is -2.38. The van der Waals surface area contributed by atoms with E-state index >= 15 is 0 Å². The SMILES string of the molecule is C=C(/C=C\C(OC1CCOC1)=C(C)C)[C@@H]1CC[C@@H](C)CN1C(=O)C(=O)Nc1cncc(C(N)=O)c1. The molecule has 1 unspecified atom stereocenters. The highest BCUT2D eigenvalue weighted by Crippen LogP contribution is 2.27. The monoisotopic (exact) mass is 482 g/mol. The zero-order chi connectivity index (χ0) is 25.5. The van der Waals surface area contributed by atoms with E-state index in [1.807, 2.05) is 32.9 Å². The van der Waals surface area contributed by atoms with E-state index in [0.717, 1.165) is 29.7 Å². The first-order chi connectivity index (χ1) is 16.7. The quantitative estimate of drug-likeness (QED) is 0.350. The number of primary amides is 1. The molecule has 188 valence electrons. The first-order valence-corrected chi connectivity index (χ1v) is 11.8. The molecule has 0 bridgehead atoms. The molecule has 3 amide bonds. The van der Waals surface area contributed by atoms with Crippen LogP contribution >= 0.6 is 0 Å². The number of carbonyl (C=O) groups is 3. The van der Waals surface area contributed by atoms with Crippen LogP contribution in [-0.4, -0.2) is 59.5 Å². The van der Waals surface area contributed by atoms with Gasteiger partial charge < -0.3 is 25.4 Å². The van der Waals surface area contributed by atoms with E-state index in [2.05, 4.69) is 16.9 Å². The van der Waals surface area contributed by atoms with E-state index in [9.17, 15) is 14.4 Å². The third-order valence-electron chi connectivity index (χ3n) is 6.10. The molecule has 2 saturated heterocycles. The maximum Gasteiger partial charge on any atom is 0.313 e. The van der Waals surface area contributed by atoms with Crippen molar-refractivity contribution in [2.24, 2.45) is 11.7 Å². The van der Waals surface area contributed by atoms with Gasteiger partial charge in [-0.05, 0) is 55.9 Å². The van der Waals surface area contributed by atoms with Gasteiger partial charge in [-0.1, -0.05) is 19.6 Å². The Hall–Kier alpha value is -3.46. The van der Waals surface area contributed by atoms with E-state index < -0.39 is 17.7 Å². The summed E-state index contributed by atoms with van der Waals surface area (Å²) in [6, 6.07) is 1.07. The summed E-state index contributed by atoms with van der Waals surface area (Å²) in [5, 5.41) is 2.53. The van der Waals surface area contributed by atoms with Gasteiger partial charge in [0, 0.05) is 19.2 Å². The molecular weight excluding hydrogens is 448 g/mol. The Morgan fingerprint density at radius 3 is 2.66 bits per heavy atom. The molecular formula is C26H34N4O5. The van der Waals surface area contributed by atoms with Gasteiger partial charge in [0.2, 0.25) is 5.91 Å². The van der Waals surface area contributed by atoms with Crippen LogP contribution in [0, 0.1) is 5.92 Å². The summed E-state index contributed by atoms with van der Waals surface area (Å²) < 4.78 is 11.5. The number of amides is 3. The standard InChI is InChI=1S/C26H34N4O5/c1-16(2)23(35-21-9-10-34-15-21)8-6-18(4)22-7-5-17(3)14-30(22)26(33)25(32)29-20-11-19(24(27)31)12-28-13-20/h6,8,11-13,17,21-22H,4-5,7,9-10,14-15H2,1-3H3,(H2,27,31)(H,29,32)/b8-6-/t17-,21?,22+/m1/s1. The molecule has 0 aromatic carbocycles. The number of ether oxygens (including phenoxy) is 2. The number of piperidine rings is 1. The Bertz CT molecular complexity index is 1040. The number of pyridine rings is 1. The van der Waals surface area contributed by atoms with Crippen LogP contribution in [0.1, 0.15) is 50.4 Å². The Labute approximate surface area is 206 Å². The molecule has 9 heteroatoms. The van der Waals surface area contributed by atoms with Gasteiger partial charge in [-0.3, -0.25) is 19.4 Å². The number of likely N-dealkylation sites (tertiary alicyclic amines) is 1. The van der Waals surface area contributed by atoms with E-state index in [4.69, 9.17) is 15.2 Å². The first-order valence-electron chi connectivity index (χ1n) is 11.8. The van der Waals surface area contributed by atoms with Gasteiger partial charge in [0.05, 0.1) is 36.7 Å². The number of nitrogens with one attached hydrogen (secondary N) is 1. The molecule has 1 aromatic rings. The third-order valence-corrected chi connectivity index (χ3v) is 6.10. The predicted molar refractivity (Wildman–Crippen MR) is 132 cm³/mol. The van der Waals surface area contributed by atoms with Gasteiger partial charge in [0.15, 0.2) is 0 Å². The molecule has 2 aliphatic rings.